The Morgan fingerprint density at radius 3 is 2.65 bits per heavy atom. The van der Waals surface area contributed by atoms with Crippen LogP contribution < -0.4 is 10.5 Å². The van der Waals surface area contributed by atoms with Crippen molar-refractivity contribution in [3.8, 4) is 5.88 Å². The molecule has 5 nitrogen and oxygen atoms in total. The van der Waals surface area contributed by atoms with Crippen molar-refractivity contribution in [1.29, 1.82) is 0 Å². The minimum Gasteiger partial charge on any atom is -0.481 e. The van der Waals surface area contributed by atoms with E-state index in [1.165, 1.54) is 5.56 Å². The first-order chi connectivity index (χ1) is 9.56. The summed E-state index contributed by atoms with van der Waals surface area (Å²) in [5.41, 5.74) is 7.17. The van der Waals surface area contributed by atoms with Crippen LogP contribution in [0, 0.1) is 5.92 Å². The Kier molecular flexibility index (Phi) is 4.96. The number of nitrogens with zero attached hydrogens (tertiary/aromatic N) is 3. The van der Waals surface area contributed by atoms with Gasteiger partial charge in [0.1, 0.15) is 0 Å². The summed E-state index contributed by atoms with van der Waals surface area (Å²) in [5, 5.41) is 0. The van der Waals surface area contributed by atoms with Gasteiger partial charge in [0, 0.05) is 44.0 Å². The average molecular weight is 278 g/mol. The summed E-state index contributed by atoms with van der Waals surface area (Å²) in [6, 6.07) is 4.80. The van der Waals surface area contributed by atoms with E-state index in [9.17, 15) is 0 Å². The number of methoxy groups -OCH3 is 1. The van der Waals surface area contributed by atoms with Crippen molar-refractivity contribution in [3.05, 3.63) is 23.9 Å². The van der Waals surface area contributed by atoms with E-state index in [0.29, 0.717) is 24.4 Å². The molecule has 20 heavy (non-hydrogen) atoms. The van der Waals surface area contributed by atoms with Gasteiger partial charge in [-0.25, -0.2) is 4.98 Å². The molecule has 2 rings (SSSR count). The molecule has 3 atom stereocenters. The number of hydrogen-bond donors (Lipinski definition) is 1. The fourth-order valence-electron chi connectivity index (χ4n) is 3.12. The van der Waals surface area contributed by atoms with E-state index in [-0.39, 0.29) is 6.04 Å². The van der Waals surface area contributed by atoms with Crippen LogP contribution in [-0.2, 0) is 0 Å². The third kappa shape index (κ3) is 3.11. The fourth-order valence-corrected chi connectivity index (χ4v) is 3.12. The van der Waals surface area contributed by atoms with Crippen molar-refractivity contribution >= 4 is 0 Å². The predicted octanol–water partition coefficient (Wildman–Crippen LogP) is 0.972. The topological polar surface area (TPSA) is 54.6 Å². The zero-order chi connectivity index (χ0) is 14.7. The SMILES string of the molecule is COc1ccc(C(CN)N2CC(C)C(N(C)C)C2)cn1. The number of hydrogen-bond acceptors (Lipinski definition) is 5. The van der Waals surface area contributed by atoms with Gasteiger partial charge in [0.2, 0.25) is 5.88 Å². The van der Waals surface area contributed by atoms with Gasteiger partial charge < -0.3 is 15.4 Å². The van der Waals surface area contributed by atoms with Crippen LogP contribution in [0.4, 0.5) is 0 Å². The van der Waals surface area contributed by atoms with Crippen LogP contribution in [0.3, 0.4) is 0 Å². The number of aromatic nitrogens is 1. The third-order valence-electron chi connectivity index (χ3n) is 4.28. The predicted molar refractivity (Wildman–Crippen MR) is 80.8 cm³/mol. The average Bonchev–Trinajstić information content (AvgIpc) is 2.82. The number of rotatable bonds is 5. The van der Waals surface area contributed by atoms with E-state index in [1.807, 2.05) is 12.3 Å². The fraction of sp³-hybridized carbons (Fsp3) is 0.667. The molecule has 0 amide bonds. The first kappa shape index (κ1) is 15.2. The van der Waals surface area contributed by atoms with Gasteiger partial charge in [-0.3, -0.25) is 4.90 Å². The van der Waals surface area contributed by atoms with Crippen LogP contribution in [0.5, 0.6) is 5.88 Å². The highest BCUT2D eigenvalue weighted by Crippen LogP contribution is 2.29. The molecule has 0 radical (unpaired) electrons. The van der Waals surface area contributed by atoms with Crippen LogP contribution >= 0.6 is 0 Å². The Labute approximate surface area is 121 Å². The summed E-state index contributed by atoms with van der Waals surface area (Å²) in [6.07, 6.45) is 1.88. The summed E-state index contributed by atoms with van der Waals surface area (Å²) < 4.78 is 5.11. The summed E-state index contributed by atoms with van der Waals surface area (Å²) in [7, 11) is 5.93. The maximum Gasteiger partial charge on any atom is 0.212 e. The lowest BCUT2D eigenvalue weighted by atomic mass is 10.1. The second-order valence-corrected chi connectivity index (χ2v) is 5.85. The molecule has 0 aliphatic carbocycles. The molecule has 0 spiro atoms. The lowest BCUT2D eigenvalue weighted by Gasteiger charge is -2.28. The lowest BCUT2D eigenvalue weighted by molar-refractivity contribution is 0.219. The second-order valence-electron chi connectivity index (χ2n) is 5.85. The molecule has 1 aromatic rings. The first-order valence-electron chi connectivity index (χ1n) is 7.17. The molecule has 2 N–H and O–H groups in total. The minimum atomic E-state index is 0.237. The van der Waals surface area contributed by atoms with Gasteiger partial charge >= 0.3 is 0 Å². The zero-order valence-corrected chi connectivity index (χ0v) is 12.9. The van der Waals surface area contributed by atoms with Gasteiger partial charge in [-0.2, -0.15) is 0 Å². The van der Waals surface area contributed by atoms with Crippen molar-refractivity contribution in [2.75, 3.05) is 40.8 Å². The van der Waals surface area contributed by atoms with Gasteiger partial charge in [0.15, 0.2) is 0 Å². The molecule has 2 heterocycles. The number of likely N-dealkylation sites (N-methyl/N-ethyl adjacent to an activating group) is 1. The quantitative estimate of drug-likeness (QED) is 0.870. The summed E-state index contributed by atoms with van der Waals surface area (Å²) in [4.78, 5) is 9.08. The molecule has 3 unspecified atom stereocenters. The highest BCUT2D eigenvalue weighted by Gasteiger charge is 2.34. The molecule has 5 heteroatoms. The van der Waals surface area contributed by atoms with Gasteiger partial charge in [0.05, 0.1) is 7.11 Å². The Morgan fingerprint density at radius 1 is 1.45 bits per heavy atom. The molecule has 0 saturated carbocycles. The van der Waals surface area contributed by atoms with Gasteiger partial charge in [-0.1, -0.05) is 13.0 Å². The normalized spacial score (nSPS) is 25.1. The molecule has 0 aromatic carbocycles. The van der Waals surface area contributed by atoms with Crippen LogP contribution in [0.2, 0.25) is 0 Å². The Hall–Kier alpha value is -1.17. The van der Waals surface area contributed by atoms with Gasteiger partial charge in [0.25, 0.3) is 0 Å². The molecule has 0 bridgehead atoms. The highest BCUT2D eigenvalue weighted by atomic mass is 16.5. The van der Waals surface area contributed by atoms with Crippen LogP contribution in [-0.4, -0.2) is 61.7 Å². The van der Waals surface area contributed by atoms with Crippen molar-refractivity contribution in [3.63, 3.8) is 0 Å². The van der Waals surface area contributed by atoms with Crippen molar-refractivity contribution in [2.24, 2.45) is 11.7 Å². The summed E-state index contributed by atoms with van der Waals surface area (Å²) >= 11 is 0. The molecule has 1 aliphatic rings. The van der Waals surface area contributed by atoms with Crippen LogP contribution in [0.25, 0.3) is 0 Å². The molecule has 1 saturated heterocycles. The molecule has 1 aromatic heterocycles. The van der Waals surface area contributed by atoms with E-state index in [2.05, 4.69) is 41.9 Å². The van der Waals surface area contributed by atoms with Crippen molar-refractivity contribution < 1.29 is 4.74 Å². The summed E-state index contributed by atoms with van der Waals surface area (Å²) in [5.74, 6) is 1.30. The van der Waals surface area contributed by atoms with Crippen LogP contribution in [0.1, 0.15) is 18.5 Å². The lowest BCUT2D eigenvalue weighted by Crippen LogP contribution is -2.36. The van der Waals surface area contributed by atoms with Crippen LogP contribution in [0.15, 0.2) is 18.3 Å². The minimum absolute atomic E-state index is 0.237. The van der Waals surface area contributed by atoms with Crippen molar-refractivity contribution in [2.45, 2.75) is 19.0 Å². The molecule has 112 valence electrons. The zero-order valence-electron chi connectivity index (χ0n) is 12.9. The Morgan fingerprint density at radius 2 is 2.20 bits per heavy atom. The molecular weight excluding hydrogens is 252 g/mol. The smallest absolute Gasteiger partial charge is 0.212 e. The van der Waals surface area contributed by atoms with Gasteiger partial charge in [-0.05, 0) is 25.6 Å². The monoisotopic (exact) mass is 278 g/mol. The molecule has 1 aliphatic heterocycles. The molecular formula is C15H26N4O. The highest BCUT2D eigenvalue weighted by molar-refractivity contribution is 5.21. The third-order valence-corrected chi connectivity index (χ3v) is 4.28. The Balaban J connectivity index is 2.12. The van der Waals surface area contributed by atoms with Crippen molar-refractivity contribution in [1.82, 2.24) is 14.8 Å². The van der Waals surface area contributed by atoms with E-state index >= 15 is 0 Å². The maximum absolute atomic E-state index is 6.01. The van der Waals surface area contributed by atoms with E-state index in [0.717, 1.165) is 13.1 Å². The summed E-state index contributed by atoms with van der Waals surface area (Å²) in [6.45, 7) is 5.06. The Bertz CT molecular complexity index is 420. The van der Waals surface area contributed by atoms with E-state index < -0.39 is 0 Å². The first-order valence-corrected chi connectivity index (χ1v) is 7.17. The maximum atomic E-state index is 6.01. The molecule has 1 fully saturated rings. The number of likely N-dealkylation sites (tertiary alicyclic amines) is 1. The largest absolute Gasteiger partial charge is 0.481 e. The van der Waals surface area contributed by atoms with Gasteiger partial charge in [-0.15, -0.1) is 0 Å². The number of ether oxygens (including phenoxy) is 1. The second kappa shape index (κ2) is 6.52. The number of nitrogens with two attached hydrogens (primary N) is 1. The van der Waals surface area contributed by atoms with E-state index in [4.69, 9.17) is 10.5 Å². The standard InChI is InChI=1S/C15H26N4O/c1-11-9-19(10-14(11)18(2)3)13(7-16)12-5-6-15(20-4)17-8-12/h5-6,8,11,13-14H,7,9-10,16H2,1-4H3. The van der Waals surface area contributed by atoms with E-state index in [1.54, 1.807) is 7.11 Å². The number of pyridine rings is 1.